The molecular weight excluding hydrogens is 267 g/mol. The molecule has 0 heterocycles. The van der Waals surface area contributed by atoms with E-state index in [1.165, 1.54) is 0 Å². The molecule has 2 aliphatic rings. The summed E-state index contributed by atoms with van der Waals surface area (Å²) >= 11 is 0. The zero-order valence-corrected chi connectivity index (χ0v) is 12.2. The van der Waals surface area contributed by atoms with Crippen LogP contribution in [0.25, 0.3) is 0 Å². The van der Waals surface area contributed by atoms with Crippen molar-refractivity contribution >= 4 is 0 Å². The Bertz CT molecular complexity index is 304. The van der Waals surface area contributed by atoms with Crippen molar-refractivity contribution in [2.45, 2.75) is 70.2 Å². The summed E-state index contributed by atoms with van der Waals surface area (Å²) in [7, 11) is 0. The number of alkyl halides is 3. The summed E-state index contributed by atoms with van der Waals surface area (Å²) in [6, 6.07) is 0.0929. The maximum Gasteiger partial charge on any atom is 0.401 e. The van der Waals surface area contributed by atoms with E-state index >= 15 is 0 Å². The molecule has 0 aromatic rings. The minimum absolute atomic E-state index is 0.0169. The first kappa shape index (κ1) is 16.1. The topological polar surface area (TPSA) is 23.5 Å². The second-order valence-corrected chi connectivity index (χ2v) is 6.57. The molecule has 2 aliphatic carbocycles. The first-order valence-corrected chi connectivity index (χ1v) is 7.88. The van der Waals surface area contributed by atoms with E-state index in [4.69, 9.17) is 0 Å². The Morgan fingerprint density at radius 3 is 2.40 bits per heavy atom. The summed E-state index contributed by atoms with van der Waals surface area (Å²) in [5.74, 6) is 0.601. The van der Waals surface area contributed by atoms with Gasteiger partial charge in [-0.2, -0.15) is 13.2 Å². The van der Waals surface area contributed by atoms with Crippen LogP contribution < -0.4 is 0 Å². The first-order chi connectivity index (χ1) is 9.39. The van der Waals surface area contributed by atoms with E-state index in [1.54, 1.807) is 4.90 Å². The molecule has 1 N–H and O–H groups in total. The van der Waals surface area contributed by atoms with Gasteiger partial charge in [0.05, 0.1) is 12.6 Å². The van der Waals surface area contributed by atoms with Crippen molar-refractivity contribution in [3.05, 3.63) is 0 Å². The summed E-state index contributed by atoms with van der Waals surface area (Å²) < 4.78 is 37.9. The number of halogens is 3. The summed E-state index contributed by atoms with van der Waals surface area (Å²) in [6.45, 7) is 1.73. The van der Waals surface area contributed by atoms with Gasteiger partial charge in [-0.15, -0.1) is 0 Å². The molecule has 0 saturated heterocycles. The molecule has 0 aliphatic heterocycles. The van der Waals surface area contributed by atoms with Crippen LogP contribution in [0.1, 0.15) is 51.9 Å². The van der Waals surface area contributed by atoms with Crippen LogP contribution in [0.5, 0.6) is 0 Å². The minimum Gasteiger partial charge on any atom is -0.393 e. The number of hydrogen-bond donors (Lipinski definition) is 1. The third-order valence-corrected chi connectivity index (χ3v) is 4.66. The van der Waals surface area contributed by atoms with E-state index in [-0.39, 0.29) is 12.0 Å². The molecule has 5 heteroatoms. The Hall–Kier alpha value is -0.290. The monoisotopic (exact) mass is 293 g/mol. The van der Waals surface area contributed by atoms with Crippen molar-refractivity contribution in [3.63, 3.8) is 0 Å². The molecule has 0 amide bonds. The lowest BCUT2D eigenvalue weighted by Crippen LogP contribution is -2.43. The van der Waals surface area contributed by atoms with Crippen molar-refractivity contribution in [3.8, 4) is 0 Å². The van der Waals surface area contributed by atoms with Crippen molar-refractivity contribution < 1.29 is 18.3 Å². The van der Waals surface area contributed by atoms with Crippen molar-refractivity contribution in [2.24, 2.45) is 11.8 Å². The molecule has 3 atom stereocenters. The predicted molar refractivity (Wildman–Crippen MR) is 72.4 cm³/mol. The highest BCUT2D eigenvalue weighted by molar-refractivity contribution is 4.89. The van der Waals surface area contributed by atoms with Crippen molar-refractivity contribution in [2.75, 3.05) is 13.1 Å². The van der Waals surface area contributed by atoms with Crippen LogP contribution in [-0.2, 0) is 0 Å². The summed E-state index contributed by atoms with van der Waals surface area (Å²) in [6.07, 6.45) is 2.09. The number of rotatable bonds is 6. The highest BCUT2D eigenvalue weighted by Gasteiger charge is 2.40. The zero-order valence-electron chi connectivity index (χ0n) is 12.2. The fraction of sp³-hybridized carbons (Fsp3) is 1.00. The predicted octanol–water partition coefficient (Wildman–Crippen LogP) is 3.59. The molecule has 0 radical (unpaired) electrons. The fourth-order valence-electron chi connectivity index (χ4n) is 3.53. The lowest BCUT2D eigenvalue weighted by atomic mass is 9.77. The van der Waals surface area contributed by atoms with E-state index in [1.807, 2.05) is 0 Å². The molecule has 2 rings (SSSR count). The molecular formula is C15H26F3NO. The Morgan fingerprint density at radius 1 is 1.15 bits per heavy atom. The molecule has 20 heavy (non-hydrogen) atoms. The van der Waals surface area contributed by atoms with Gasteiger partial charge < -0.3 is 5.11 Å². The molecule has 0 aromatic heterocycles. The van der Waals surface area contributed by atoms with Crippen LogP contribution in [-0.4, -0.2) is 41.4 Å². The molecule has 118 valence electrons. The molecule has 2 saturated carbocycles. The molecule has 2 nitrogen and oxygen atoms in total. The average Bonchev–Trinajstić information content (AvgIpc) is 3.15. The van der Waals surface area contributed by atoms with Gasteiger partial charge in [0.15, 0.2) is 0 Å². The van der Waals surface area contributed by atoms with Gasteiger partial charge in [0.25, 0.3) is 0 Å². The lowest BCUT2D eigenvalue weighted by Gasteiger charge is -2.37. The van der Waals surface area contributed by atoms with Crippen LogP contribution in [0.3, 0.4) is 0 Å². The summed E-state index contributed by atoms with van der Waals surface area (Å²) in [5, 5.41) is 10.1. The second-order valence-electron chi connectivity index (χ2n) is 6.57. The maximum absolute atomic E-state index is 12.6. The summed E-state index contributed by atoms with van der Waals surface area (Å²) in [4.78, 5) is 1.56. The normalized spacial score (nSPS) is 31.8. The molecule has 0 bridgehead atoms. The maximum atomic E-state index is 12.6. The van der Waals surface area contributed by atoms with Crippen molar-refractivity contribution in [1.82, 2.24) is 4.90 Å². The smallest absolute Gasteiger partial charge is 0.393 e. The fourth-order valence-corrected chi connectivity index (χ4v) is 3.53. The van der Waals surface area contributed by atoms with E-state index in [0.29, 0.717) is 12.5 Å². The third-order valence-electron chi connectivity index (χ3n) is 4.66. The molecule has 0 aromatic carbocycles. The first-order valence-electron chi connectivity index (χ1n) is 7.88. The van der Waals surface area contributed by atoms with Gasteiger partial charge in [0, 0.05) is 12.6 Å². The Labute approximate surface area is 119 Å². The number of hydrogen-bond acceptors (Lipinski definition) is 2. The van der Waals surface area contributed by atoms with Gasteiger partial charge in [-0.1, -0.05) is 19.8 Å². The van der Waals surface area contributed by atoms with E-state index in [9.17, 15) is 18.3 Å². The van der Waals surface area contributed by atoms with E-state index in [2.05, 4.69) is 6.92 Å². The van der Waals surface area contributed by atoms with E-state index in [0.717, 1.165) is 44.9 Å². The van der Waals surface area contributed by atoms with Crippen LogP contribution >= 0.6 is 0 Å². The molecule has 0 spiro atoms. The zero-order chi connectivity index (χ0) is 14.8. The molecule has 2 fully saturated rings. The minimum atomic E-state index is -4.13. The number of aliphatic hydroxyl groups excluding tert-OH is 1. The highest BCUT2D eigenvalue weighted by Crippen LogP contribution is 2.36. The third kappa shape index (κ3) is 4.92. The van der Waals surface area contributed by atoms with Crippen molar-refractivity contribution in [1.29, 1.82) is 0 Å². The quantitative estimate of drug-likeness (QED) is 0.809. The molecule has 3 unspecified atom stereocenters. The Balaban J connectivity index is 1.90. The van der Waals surface area contributed by atoms with Gasteiger partial charge in [-0.05, 0) is 43.9 Å². The van der Waals surface area contributed by atoms with Gasteiger partial charge in [-0.25, -0.2) is 0 Å². The lowest BCUT2D eigenvalue weighted by molar-refractivity contribution is -0.150. The second kappa shape index (κ2) is 6.65. The Kier molecular flexibility index (Phi) is 5.35. The SMILES string of the molecule is CCCC1CCC(O)C(CN(CC(F)(F)F)C2CC2)C1. The highest BCUT2D eigenvalue weighted by atomic mass is 19.4. The summed E-state index contributed by atoms with van der Waals surface area (Å²) in [5.41, 5.74) is 0. The number of nitrogens with zero attached hydrogens (tertiary/aromatic N) is 1. The standard InChI is InChI=1S/C15H26F3NO/c1-2-3-11-4-7-14(20)12(8-11)9-19(13-5-6-13)10-15(16,17)18/h11-14,20H,2-10H2,1H3. The van der Waals surface area contributed by atoms with Gasteiger partial charge in [0.2, 0.25) is 0 Å². The number of aliphatic hydroxyl groups is 1. The van der Waals surface area contributed by atoms with Crippen LogP contribution in [0.15, 0.2) is 0 Å². The van der Waals surface area contributed by atoms with Crippen LogP contribution in [0, 0.1) is 11.8 Å². The van der Waals surface area contributed by atoms with Crippen LogP contribution in [0.2, 0.25) is 0 Å². The average molecular weight is 293 g/mol. The Morgan fingerprint density at radius 2 is 1.85 bits per heavy atom. The van der Waals surface area contributed by atoms with Gasteiger partial charge >= 0.3 is 6.18 Å². The largest absolute Gasteiger partial charge is 0.401 e. The van der Waals surface area contributed by atoms with E-state index < -0.39 is 18.8 Å². The van der Waals surface area contributed by atoms with Crippen LogP contribution in [0.4, 0.5) is 13.2 Å². The van der Waals surface area contributed by atoms with Gasteiger partial charge in [0.1, 0.15) is 0 Å². The van der Waals surface area contributed by atoms with Gasteiger partial charge in [-0.3, -0.25) is 4.90 Å².